The second kappa shape index (κ2) is 11.5. The van der Waals surface area contributed by atoms with Crippen LogP contribution in [-0.2, 0) is 24.2 Å². The fourth-order valence-corrected chi connectivity index (χ4v) is 5.07. The lowest BCUT2D eigenvalue weighted by Gasteiger charge is -2.19. The largest absolute Gasteiger partial charge is 0.384 e. The van der Waals surface area contributed by atoms with Gasteiger partial charge in [-0.05, 0) is 61.1 Å². The number of fused-ring (bicyclic) bond motifs is 1. The molecule has 1 aliphatic heterocycles. The summed E-state index contributed by atoms with van der Waals surface area (Å²) in [6, 6.07) is 17.3. The third-order valence-electron chi connectivity index (χ3n) is 7.34. The third-order valence-corrected chi connectivity index (χ3v) is 7.34. The number of benzene rings is 1. The van der Waals surface area contributed by atoms with Crippen LogP contribution < -0.4 is 21.9 Å². The molecule has 1 aromatic carbocycles. The van der Waals surface area contributed by atoms with E-state index in [4.69, 9.17) is 5.73 Å². The Balaban J connectivity index is 1.34. The molecule has 9 nitrogen and oxygen atoms in total. The van der Waals surface area contributed by atoms with E-state index in [1.165, 1.54) is 5.56 Å². The number of nitrogens with one attached hydrogen (secondary N) is 2. The lowest BCUT2D eigenvalue weighted by molar-refractivity contribution is -0.124. The summed E-state index contributed by atoms with van der Waals surface area (Å²) in [5.41, 5.74) is 11.1. The number of nitrogens with zero attached hydrogens (tertiary/aromatic N) is 4. The fraction of sp³-hybridized carbons (Fsp3) is 0.300. The van der Waals surface area contributed by atoms with Crippen molar-refractivity contribution in [1.29, 1.82) is 0 Å². The van der Waals surface area contributed by atoms with Gasteiger partial charge in [-0.25, -0.2) is 9.97 Å². The summed E-state index contributed by atoms with van der Waals surface area (Å²) in [6.45, 7) is 4.73. The molecule has 0 radical (unpaired) electrons. The number of anilines is 2. The zero-order valence-electron chi connectivity index (χ0n) is 22.2. The first-order valence-corrected chi connectivity index (χ1v) is 13.3. The molecule has 2 atom stereocenters. The van der Waals surface area contributed by atoms with Gasteiger partial charge < -0.3 is 16.4 Å². The molecule has 0 spiro atoms. The number of nitrogen functional groups attached to an aromatic ring is 1. The number of pyridine rings is 2. The molecule has 0 fully saturated rings. The van der Waals surface area contributed by atoms with Gasteiger partial charge in [-0.1, -0.05) is 43.3 Å². The summed E-state index contributed by atoms with van der Waals surface area (Å²) in [5.74, 6) is 0.386. The zero-order valence-corrected chi connectivity index (χ0v) is 22.2. The first kappa shape index (κ1) is 26.1. The van der Waals surface area contributed by atoms with Crippen LogP contribution in [0.2, 0.25) is 0 Å². The Bertz CT molecular complexity index is 1520. The molecule has 0 aliphatic carbocycles. The summed E-state index contributed by atoms with van der Waals surface area (Å²) < 4.78 is 1.57. The lowest BCUT2D eigenvalue weighted by Crippen LogP contribution is -2.36. The summed E-state index contributed by atoms with van der Waals surface area (Å²) in [5, 5.41) is 6.22. The molecule has 3 aromatic heterocycles. The van der Waals surface area contributed by atoms with E-state index in [1.807, 2.05) is 31.2 Å². The van der Waals surface area contributed by atoms with Crippen LogP contribution in [0.1, 0.15) is 59.1 Å². The van der Waals surface area contributed by atoms with Gasteiger partial charge in [0.1, 0.15) is 11.9 Å². The Morgan fingerprint density at radius 1 is 1.13 bits per heavy atom. The van der Waals surface area contributed by atoms with Gasteiger partial charge in [0, 0.05) is 48.5 Å². The average Bonchev–Trinajstić information content (AvgIpc) is 3.40. The number of amides is 1. The van der Waals surface area contributed by atoms with E-state index >= 15 is 0 Å². The van der Waals surface area contributed by atoms with Crippen LogP contribution in [0.5, 0.6) is 0 Å². The SMILES string of the molecule is CCc1ccc([C@@H](CNc2ncc3n(c2=O)[C@H](C(=O)NCc2ccc(N)nc2C)CC3)c2ccccn2)cc1. The predicted octanol–water partition coefficient (Wildman–Crippen LogP) is 3.53. The van der Waals surface area contributed by atoms with Crippen molar-refractivity contribution in [3.05, 3.63) is 111 Å². The maximum absolute atomic E-state index is 13.5. The molecule has 39 heavy (non-hydrogen) atoms. The summed E-state index contributed by atoms with van der Waals surface area (Å²) in [4.78, 5) is 39.9. The number of aryl methyl sites for hydroxylation is 3. The van der Waals surface area contributed by atoms with Crippen LogP contribution in [0.3, 0.4) is 0 Å². The van der Waals surface area contributed by atoms with Crippen molar-refractivity contribution >= 4 is 17.5 Å². The maximum atomic E-state index is 13.5. The van der Waals surface area contributed by atoms with E-state index in [0.29, 0.717) is 31.7 Å². The van der Waals surface area contributed by atoms with Crippen LogP contribution in [0.4, 0.5) is 11.6 Å². The number of aromatic nitrogens is 4. The van der Waals surface area contributed by atoms with Crippen LogP contribution in [0.15, 0.2) is 71.8 Å². The van der Waals surface area contributed by atoms with E-state index in [9.17, 15) is 9.59 Å². The van der Waals surface area contributed by atoms with Gasteiger partial charge in [-0.2, -0.15) is 0 Å². The van der Waals surface area contributed by atoms with Gasteiger partial charge >= 0.3 is 0 Å². The van der Waals surface area contributed by atoms with Crippen molar-refractivity contribution in [2.45, 2.75) is 51.6 Å². The molecule has 1 amide bonds. The second-order valence-corrected chi connectivity index (χ2v) is 9.81. The zero-order chi connectivity index (χ0) is 27.4. The molecule has 0 saturated heterocycles. The Morgan fingerprint density at radius 2 is 1.95 bits per heavy atom. The van der Waals surface area contributed by atoms with Crippen molar-refractivity contribution in [3.63, 3.8) is 0 Å². The molecule has 4 heterocycles. The Kier molecular flexibility index (Phi) is 7.67. The van der Waals surface area contributed by atoms with E-state index in [2.05, 4.69) is 56.8 Å². The number of carbonyl (C=O) groups excluding carboxylic acids is 1. The van der Waals surface area contributed by atoms with E-state index in [-0.39, 0.29) is 23.2 Å². The van der Waals surface area contributed by atoms with Crippen molar-refractivity contribution in [1.82, 2.24) is 24.8 Å². The molecule has 4 aromatic rings. The van der Waals surface area contributed by atoms with Gasteiger partial charge in [0.2, 0.25) is 5.91 Å². The van der Waals surface area contributed by atoms with E-state index < -0.39 is 6.04 Å². The Morgan fingerprint density at radius 3 is 2.67 bits per heavy atom. The number of nitrogens with two attached hydrogens (primary N) is 1. The normalized spacial score (nSPS) is 15.0. The lowest BCUT2D eigenvalue weighted by atomic mass is 9.94. The van der Waals surface area contributed by atoms with Crippen LogP contribution >= 0.6 is 0 Å². The molecule has 200 valence electrons. The highest BCUT2D eigenvalue weighted by Crippen LogP contribution is 2.26. The molecule has 5 rings (SSSR count). The van der Waals surface area contributed by atoms with Gasteiger partial charge in [-0.15, -0.1) is 0 Å². The van der Waals surface area contributed by atoms with Crippen molar-refractivity contribution in [2.24, 2.45) is 0 Å². The van der Waals surface area contributed by atoms with Crippen LogP contribution in [0.25, 0.3) is 0 Å². The number of hydrogen-bond donors (Lipinski definition) is 3. The Hall–Kier alpha value is -4.53. The van der Waals surface area contributed by atoms with Crippen LogP contribution in [0, 0.1) is 6.92 Å². The third kappa shape index (κ3) is 5.67. The smallest absolute Gasteiger partial charge is 0.294 e. The molecule has 0 saturated carbocycles. The van der Waals surface area contributed by atoms with Crippen molar-refractivity contribution in [3.8, 4) is 0 Å². The summed E-state index contributed by atoms with van der Waals surface area (Å²) in [6.07, 6.45) is 5.59. The first-order chi connectivity index (χ1) is 18.9. The first-order valence-electron chi connectivity index (χ1n) is 13.3. The predicted molar refractivity (Wildman–Crippen MR) is 151 cm³/mol. The highest BCUT2D eigenvalue weighted by molar-refractivity contribution is 5.81. The number of hydrogen-bond acceptors (Lipinski definition) is 7. The van der Waals surface area contributed by atoms with Crippen LogP contribution in [-0.4, -0.2) is 32.0 Å². The monoisotopic (exact) mass is 523 g/mol. The summed E-state index contributed by atoms with van der Waals surface area (Å²) in [7, 11) is 0. The Labute approximate surface area is 227 Å². The molecule has 1 aliphatic rings. The molecule has 0 unspecified atom stereocenters. The highest BCUT2D eigenvalue weighted by Gasteiger charge is 2.31. The molecule has 0 bridgehead atoms. The average molecular weight is 524 g/mol. The minimum absolute atomic E-state index is 0.0765. The topological polar surface area (TPSA) is 128 Å². The molecular weight excluding hydrogens is 490 g/mol. The van der Waals surface area contributed by atoms with Gasteiger partial charge in [0.05, 0.1) is 0 Å². The quantitative estimate of drug-likeness (QED) is 0.306. The summed E-state index contributed by atoms with van der Waals surface area (Å²) >= 11 is 0. The standard InChI is InChI=1S/C30H33N7O2/c1-3-20-7-9-21(10-8-20)24(25-6-4-5-15-32-25)18-34-28-30(39)37-23(17-33-28)12-13-26(37)29(38)35-16-22-11-14-27(31)36-19(22)2/h4-11,14-15,17,24,26H,3,12-13,16,18H2,1-2H3,(H2,31,36)(H,33,34)(H,35,38)/t24-,26+/m1/s1. The highest BCUT2D eigenvalue weighted by atomic mass is 16.2. The molecular formula is C30H33N7O2. The van der Waals surface area contributed by atoms with Crippen molar-refractivity contribution < 1.29 is 4.79 Å². The van der Waals surface area contributed by atoms with Crippen molar-refractivity contribution in [2.75, 3.05) is 17.6 Å². The minimum atomic E-state index is -0.591. The minimum Gasteiger partial charge on any atom is -0.384 e. The number of carbonyl (C=O) groups is 1. The van der Waals surface area contributed by atoms with Gasteiger partial charge in [-0.3, -0.25) is 19.1 Å². The van der Waals surface area contributed by atoms with Gasteiger partial charge in [0.25, 0.3) is 5.56 Å². The molecule has 9 heteroatoms. The maximum Gasteiger partial charge on any atom is 0.294 e. The van der Waals surface area contributed by atoms with E-state index in [1.54, 1.807) is 23.0 Å². The second-order valence-electron chi connectivity index (χ2n) is 9.81. The van der Waals surface area contributed by atoms with E-state index in [0.717, 1.165) is 34.6 Å². The van der Waals surface area contributed by atoms with Gasteiger partial charge in [0.15, 0.2) is 5.82 Å². The molecule has 4 N–H and O–H groups in total. The fourth-order valence-electron chi connectivity index (χ4n) is 5.07. The number of rotatable bonds is 9.